The quantitative estimate of drug-likeness (QED) is 0.601. The average Bonchev–Trinajstić information content (AvgIpc) is 2.72. The van der Waals surface area contributed by atoms with Crippen LogP contribution in [0.5, 0.6) is 0 Å². The molecule has 19 heavy (non-hydrogen) atoms. The summed E-state index contributed by atoms with van der Waals surface area (Å²) in [6.07, 6.45) is 0.633. The normalized spacial score (nSPS) is 11.7. The van der Waals surface area contributed by atoms with E-state index in [1.165, 1.54) is 0 Å². The Balaban J connectivity index is 2.69. The van der Waals surface area contributed by atoms with Crippen LogP contribution < -0.4 is 10.0 Å². The summed E-state index contributed by atoms with van der Waals surface area (Å²) < 4.78 is 30.9. The van der Waals surface area contributed by atoms with E-state index in [4.69, 9.17) is 9.52 Å². The van der Waals surface area contributed by atoms with Crippen molar-refractivity contribution in [3.8, 4) is 0 Å². The maximum absolute atomic E-state index is 11.9. The summed E-state index contributed by atoms with van der Waals surface area (Å²) in [6.45, 7) is 3.74. The van der Waals surface area contributed by atoms with E-state index in [0.717, 1.165) is 12.6 Å². The Hall–Kier alpha value is -0.900. The number of halogens is 1. The van der Waals surface area contributed by atoms with Crippen LogP contribution in [-0.4, -0.2) is 39.1 Å². The standard InChI is InChI=1S/C10H15BrN2O5S/c1-2-12-4-3-5-13-19(16,17)8-6-7(10(14)15)18-9(8)11/h6,12-13H,2-5H2,1H3,(H,14,15). The summed E-state index contributed by atoms with van der Waals surface area (Å²) in [4.78, 5) is 10.5. The molecule has 3 N–H and O–H groups in total. The first kappa shape index (κ1) is 16.2. The highest BCUT2D eigenvalue weighted by molar-refractivity contribution is 9.10. The molecule has 0 atom stereocenters. The van der Waals surface area contributed by atoms with Crippen molar-refractivity contribution in [3.05, 3.63) is 16.5 Å². The van der Waals surface area contributed by atoms with Crippen LogP contribution in [0.15, 0.2) is 20.0 Å². The zero-order valence-corrected chi connectivity index (χ0v) is 12.7. The molecule has 0 fully saturated rings. The van der Waals surface area contributed by atoms with E-state index in [9.17, 15) is 13.2 Å². The van der Waals surface area contributed by atoms with Gasteiger partial charge in [0.2, 0.25) is 15.8 Å². The molecule has 0 unspecified atom stereocenters. The third kappa shape index (κ3) is 4.60. The van der Waals surface area contributed by atoms with Gasteiger partial charge in [-0.15, -0.1) is 0 Å². The van der Waals surface area contributed by atoms with Crippen LogP contribution in [0.1, 0.15) is 23.9 Å². The average molecular weight is 355 g/mol. The van der Waals surface area contributed by atoms with Gasteiger partial charge in [-0.1, -0.05) is 6.92 Å². The number of aromatic carboxylic acids is 1. The summed E-state index contributed by atoms with van der Waals surface area (Å²) in [5.74, 6) is -1.76. The van der Waals surface area contributed by atoms with Gasteiger partial charge in [-0.05, 0) is 35.4 Å². The van der Waals surface area contributed by atoms with Crippen LogP contribution in [0, 0.1) is 0 Å². The van der Waals surface area contributed by atoms with Crippen molar-refractivity contribution >= 4 is 31.9 Å². The predicted molar refractivity (Wildman–Crippen MR) is 71.7 cm³/mol. The van der Waals surface area contributed by atoms with E-state index in [-0.39, 0.29) is 16.1 Å². The minimum Gasteiger partial charge on any atom is -0.475 e. The van der Waals surface area contributed by atoms with Crippen LogP contribution in [-0.2, 0) is 10.0 Å². The Morgan fingerprint density at radius 2 is 2.16 bits per heavy atom. The van der Waals surface area contributed by atoms with Crippen LogP contribution in [0.2, 0.25) is 0 Å². The SMILES string of the molecule is CCNCCCNS(=O)(=O)c1cc(C(=O)O)oc1Br. The van der Waals surface area contributed by atoms with Crippen LogP contribution in [0.4, 0.5) is 0 Å². The van der Waals surface area contributed by atoms with Crippen molar-refractivity contribution in [2.24, 2.45) is 0 Å². The zero-order valence-electron chi connectivity index (χ0n) is 10.3. The lowest BCUT2D eigenvalue weighted by Gasteiger charge is -2.05. The Labute approximate surface area is 119 Å². The number of hydrogen-bond acceptors (Lipinski definition) is 5. The van der Waals surface area contributed by atoms with Gasteiger partial charge in [0.15, 0.2) is 4.67 Å². The summed E-state index contributed by atoms with van der Waals surface area (Å²) >= 11 is 2.89. The van der Waals surface area contributed by atoms with Crippen molar-refractivity contribution in [1.82, 2.24) is 10.0 Å². The molecule has 9 heteroatoms. The second kappa shape index (κ2) is 7.04. The number of hydrogen-bond donors (Lipinski definition) is 3. The molecule has 0 saturated heterocycles. The van der Waals surface area contributed by atoms with E-state index in [1.54, 1.807) is 0 Å². The third-order valence-electron chi connectivity index (χ3n) is 2.23. The summed E-state index contributed by atoms with van der Waals surface area (Å²) in [7, 11) is -3.77. The molecule has 7 nitrogen and oxygen atoms in total. The fourth-order valence-electron chi connectivity index (χ4n) is 1.32. The molecular formula is C10H15BrN2O5S. The highest BCUT2D eigenvalue weighted by Crippen LogP contribution is 2.25. The van der Waals surface area contributed by atoms with Crippen molar-refractivity contribution in [1.29, 1.82) is 0 Å². The molecule has 0 aliphatic carbocycles. The molecule has 0 spiro atoms. The van der Waals surface area contributed by atoms with Crippen molar-refractivity contribution in [2.45, 2.75) is 18.2 Å². The molecule has 0 aliphatic heterocycles. The van der Waals surface area contributed by atoms with Crippen LogP contribution >= 0.6 is 15.9 Å². The number of nitrogens with one attached hydrogen (secondary N) is 2. The third-order valence-corrected chi connectivity index (χ3v) is 4.55. The molecule has 0 aromatic carbocycles. The number of rotatable bonds is 8. The first-order valence-corrected chi connectivity index (χ1v) is 7.89. The van der Waals surface area contributed by atoms with Crippen molar-refractivity contribution in [3.63, 3.8) is 0 Å². The molecule has 0 bridgehead atoms. The van der Waals surface area contributed by atoms with Gasteiger partial charge < -0.3 is 14.8 Å². The summed E-state index contributed by atoms with van der Waals surface area (Å²) in [5.41, 5.74) is 0. The maximum atomic E-state index is 11.9. The molecule has 0 saturated carbocycles. The fourth-order valence-corrected chi connectivity index (χ4v) is 3.33. The Bertz CT molecular complexity index is 540. The molecule has 1 aromatic heterocycles. The van der Waals surface area contributed by atoms with E-state index >= 15 is 0 Å². The van der Waals surface area contributed by atoms with Gasteiger partial charge >= 0.3 is 5.97 Å². The monoisotopic (exact) mass is 354 g/mol. The number of carboxylic acid groups (broad SMARTS) is 1. The Morgan fingerprint density at radius 3 is 2.68 bits per heavy atom. The Kier molecular flexibility index (Phi) is 5.98. The van der Waals surface area contributed by atoms with Gasteiger partial charge in [0.25, 0.3) is 0 Å². The molecule has 1 rings (SSSR count). The lowest BCUT2D eigenvalue weighted by molar-refractivity contribution is 0.0661. The topological polar surface area (TPSA) is 109 Å². The van der Waals surface area contributed by atoms with E-state index in [0.29, 0.717) is 13.0 Å². The second-order valence-corrected chi connectivity index (χ2v) is 6.11. The minimum absolute atomic E-state index is 0.121. The van der Waals surface area contributed by atoms with Gasteiger partial charge in [-0.25, -0.2) is 17.9 Å². The number of furan rings is 1. The smallest absolute Gasteiger partial charge is 0.371 e. The molecule has 1 aromatic rings. The maximum Gasteiger partial charge on any atom is 0.371 e. The molecular weight excluding hydrogens is 340 g/mol. The first-order chi connectivity index (χ1) is 8.88. The van der Waals surface area contributed by atoms with Crippen LogP contribution in [0.25, 0.3) is 0 Å². The lowest BCUT2D eigenvalue weighted by atomic mass is 10.4. The van der Waals surface area contributed by atoms with E-state index < -0.39 is 21.8 Å². The zero-order chi connectivity index (χ0) is 14.5. The number of carboxylic acids is 1. The summed E-state index contributed by atoms with van der Waals surface area (Å²) in [6, 6.07) is 0.971. The van der Waals surface area contributed by atoms with Crippen molar-refractivity contribution in [2.75, 3.05) is 19.6 Å². The number of carbonyl (C=O) groups is 1. The van der Waals surface area contributed by atoms with E-state index in [1.807, 2.05) is 6.92 Å². The van der Waals surface area contributed by atoms with E-state index in [2.05, 4.69) is 26.0 Å². The molecule has 0 amide bonds. The highest BCUT2D eigenvalue weighted by atomic mass is 79.9. The molecule has 0 radical (unpaired) electrons. The largest absolute Gasteiger partial charge is 0.475 e. The predicted octanol–water partition coefficient (Wildman–Crippen LogP) is 1.02. The summed E-state index contributed by atoms with van der Waals surface area (Å²) in [5, 5.41) is 11.8. The van der Waals surface area contributed by atoms with Gasteiger partial charge in [0, 0.05) is 12.6 Å². The Morgan fingerprint density at radius 1 is 1.47 bits per heavy atom. The molecule has 108 valence electrons. The van der Waals surface area contributed by atoms with Gasteiger partial charge in [0.1, 0.15) is 4.90 Å². The highest BCUT2D eigenvalue weighted by Gasteiger charge is 2.24. The van der Waals surface area contributed by atoms with Gasteiger partial charge in [-0.2, -0.15) is 0 Å². The first-order valence-electron chi connectivity index (χ1n) is 5.61. The molecule has 1 heterocycles. The molecule has 0 aliphatic rings. The second-order valence-electron chi connectivity index (χ2n) is 3.66. The number of sulfonamides is 1. The fraction of sp³-hybridized carbons (Fsp3) is 0.500. The van der Waals surface area contributed by atoms with Gasteiger partial charge in [0.05, 0.1) is 0 Å². The lowest BCUT2D eigenvalue weighted by Crippen LogP contribution is -2.27. The van der Waals surface area contributed by atoms with Crippen LogP contribution in [0.3, 0.4) is 0 Å². The van der Waals surface area contributed by atoms with Crippen molar-refractivity contribution < 1.29 is 22.7 Å². The minimum atomic E-state index is -3.77. The van der Waals surface area contributed by atoms with Gasteiger partial charge in [-0.3, -0.25) is 0 Å².